The van der Waals surface area contributed by atoms with Gasteiger partial charge < -0.3 is 0 Å². The number of hydrogen-bond donors (Lipinski definition) is 1. The van der Waals surface area contributed by atoms with E-state index in [9.17, 15) is 10.1 Å². The maximum atomic E-state index is 11.0. The Morgan fingerprint density at radius 1 is 1.15 bits per heavy atom. The van der Waals surface area contributed by atoms with Crippen molar-refractivity contribution < 1.29 is 4.92 Å². The molecule has 0 atom stereocenters. The number of nitrogens with one attached hydrogen (secondary N) is 1. The topological polar surface area (TPSA) is 85.9 Å². The molecule has 0 radical (unpaired) electrons. The van der Waals surface area contributed by atoms with Gasteiger partial charge >= 0.3 is 0 Å². The Morgan fingerprint density at radius 3 is 2.77 bits per heavy atom. The van der Waals surface area contributed by atoms with Crippen molar-refractivity contribution in [2.24, 2.45) is 0 Å². The summed E-state index contributed by atoms with van der Waals surface area (Å²) in [6.45, 7) is 0. The fourth-order valence-corrected chi connectivity index (χ4v) is 3.60. The molecule has 0 saturated heterocycles. The molecule has 26 heavy (non-hydrogen) atoms. The number of fused-ring (bicyclic) bond motifs is 1. The number of halogens is 2. The molecular formula is C16H9Cl2N5O2S. The Balaban J connectivity index is 1.73. The van der Waals surface area contributed by atoms with Gasteiger partial charge in [-0.15, -0.1) is 10.2 Å². The molecule has 1 N–H and O–H groups in total. The normalized spacial score (nSPS) is 12.9. The summed E-state index contributed by atoms with van der Waals surface area (Å²) in [4.78, 5) is 10.6. The van der Waals surface area contributed by atoms with Gasteiger partial charge in [0.15, 0.2) is 5.82 Å². The summed E-state index contributed by atoms with van der Waals surface area (Å²) in [5, 5.41) is 22.6. The van der Waals surface area contributed by atoms with Crippen LogP contribution >= 0.6 is 35.0 Å². The largest absolute Gasteiger partial charge is 0.289 e. The van der Waals surface area contributed by atoms with Gasteiger partial charge in [0.2, 0.25) is 5.16 Å². The lowest BCUT2D eigenvalue weighted by Crippen LogP contribution is -2.18. The number of hydrogen-bond acceptors (Lipinski definition) is 6. The van der Waals surface area contributed by atoms with Crippen molar-refractivity contribution in [2.45, 2.75) is 5.16 Å². The van der Waals surface area contributed by atoms with Crippen LogP contribution in [0.5, 0.6) is 0 Å². The van der Waals surface area contributed by atoms with E-state index in [1.54, 1.807) is 35.0 Å². The number of rotatable bonds is 3. The highest BCUT2D eigenvalue weighted by Gasteiger charge is 2.22. The SMILES string of the molecule is O=[N+]([O-])c1cccc(C2=CSc3nnc(-c4cccc(Cl)c4Cl)n3N2)c1. The zero-order valence-corrected chi connectivity index (χ0v) is 15.2. The van der Waals surface area contributed by atoms with E-state index in [-0.39, 0.29) is 5.69 Å². The second-order valence-electron chi connectivity index (χ2n) is 5.31. The van der Waals surface area contributed by atoms with Crippen LogP contribution in [0.3, 0.4) is 0 Å². The van der Waals surface area contributed by atoms with Crippen molar-refractivity contribution in [2.75, 3.05) is 5.43 Å². The van der Waals surface area contributed by atoms with Gasteiger partial charge in [-0.05, 0) is 12.1 Å². The highest BCUT2D eigenvalue weighted by atomic mass is 35.5. The number of nitro groups is 1. The van der Waals surface area contributed by atoms with Crippen molar-refractivity contribution in [1.82, 2.24) is 14.9 Å². The average molecular weight is 406 g/mol. The van der Waals surface area contributed by atoms with Crippen molar-refractivity contribution >= 4 is 46.3 Å². The smallest absolute Gasteiger partial charge is 0.270 e. The highest BCUT2D eigenvalue weighted by Crippen LogP contribution is 2.36. The van der Waals surface area contributed by atoms with Crippen LogP contribution in [0, 0.1) is 10.1 Å². The van der Waals surface area contributed by atoms with Gasteiger partial charge in [0, 0.05) is 28.7 Å². The van der Waals surface area contributed by atoms with Crippen LogP contribution in [-0.4, -0.2) is 19.8 Å². The molecule has 0 saturated carbocycles. The molecule has 0 amide bonds. The first kappa shape index (κ1) is 16.9. The Hall–Kier alpha value is -2.55. The van der Waals surface area contributed by atoms with Crippen LogP contribution in [0.15, 0.2) is 53.0 Å². The summed E-state index contributed by atoms with van der Waals surface area (Å²) in [6.07, 6.45) is 0. The predicted octanol–water partition coefficient (Wildman–Crippen LogP) is 4.81. The van der Waals surface area contributed by atoms with Crippen LogP contribution < -0.4 is 5.43 Å². The van der Waals surface area contributed by atoms with E-state index in [0.29, 0.717) is 37.9 Å². The van der Waals surface area contributed by atoms with E-state index in [2.05, 4.69) is 15.6 Å². The lowest BCUT2D eigenvalue weighted by Gasteiger charge is -2.19. The fraction of sp³-hybridized carbons (Fsp3) is 0. The monoisotopic (exact) mass is 405 g/mol. The third-order valence-electron chi connectivity index (χ3n) is 3.71. The summed E-state index contributed by atoms with van der Waals surface area (Å²) in [5.74, 6) is 0.496. The summed E-state index contributed by atoms with van der Waals surface area (Å²) < 4.78 is 1.68. The van der Waals surface area contributed by atoms with E-state index in [1.165, 1.54) is 23.9 Å². The Bertz CT molecular complexity index is 1070. The molecule has 3 aromatic rings. The molecule has 2 aromatic carbocycles. The number of non-ortho nitro benzene ring substituents is 1. The molecule has 10 heteroatoms. The quantitative estimate of drug-likeness (QED) is 0.496. The maximum Gasteiger partial charge on any atom is 0.270 e. The minimum atomic E-state index is -0.429. The molecule has 0 fully saturated rings. The number of nitro benzene ring substituents is 1. The van der Waals surface area contributed by atoms with E-state index >= 15 is 0 Å². The van der Waals surface area contributed by atoms with Crippen molar-refractivity contribution in [3.8, 4) is 11.4 Å². The second-order valence-corrected chi connectivity index (χ2v) is 6.93. The minimum Gasteiger partial charge on any atom is -0.289 e. The molecule has 130 valence electrons. The Kier molecular flexibility index (Phi) is 4.31. The van der Waals surface area contributed by atoms with Gasteiger partial charge in [0.1, 0.15) is 0 Å². The first-order valence-electron chi connectivity index (χ1n) is 7.33. The number of nitrogens with zero attached hydrogens (tertiary/aromatic N) is 4. The molecule has 0 bridgehead atoms. The minimum absolute atomic E-state index is 0.0165. The standard InChI is InChI=1S/C16H9Cl2N5O2S/c17-12-6-2-5-11(14(12)18)15-19-20-16-22(15)21-13(8-26-16)9-3-1-4-10(7-9)23(24)25/h1-8,21H. The van der Waals surface area contributed by atoms with Crippen molar-refractivity contribution in [1.29, 1.82) is 0 Å². The van der Waals surface area contributed by atoms with Gasteiger partial charge in [-0.1, -0.05) is 53.2 Å². The van der Waals surface area contributed by atoms with Crippen LogP contribution in [0.2, 0.25) is 10.0 Å². The van der Waals surface area contributed by atoms with E-state index in [1.807, 2.05) is 5.41 Å². The highest BCUT2D eigenvalue weighted by molar-refractivity contribution is 8.02. The van der Waals surface area contributed by atoms with E-state index < -0.39 is 4.92 Å². The Morgan fingerprint density at radius 2 is 1.96 bits per heavy atom. The zero-order valence-electron chi connectivity index (χ0n) is 12.9. The summed E-state index contributed by atoms with van der Waals surface area (Å²) in [6, 6.07) is 11.6. The predicted molar refractivity (Wildman–Crippen MR) is 102 cm³/mol. The molecule has 2 heterocycles. The Labute approximate surface area is 161 Å². The van der Waals surface area contributed by atoms with Crippen LogP contribution in [0.25, 0.3) is 17.1 Å². The van der Waals surface area contributed by atoms with Gasteiger partial charge in [-0.2, -0.15) is 0 Å². The molecule has 0 spiro atoms. The molecule has 1 aliphatic heterocycles. The first-order valence-corrected chi connectivity index (χ1v) is 8.96. The molecule has 7 nitrogen and oxygen atoms in total. The fourth-order valence-electron chi connectivity index (χ4n) is 2.48. The van der Waals surface area contributed by atoms with Gasteiger partial charge in [0.05, 0.1) is 20.7 Å². The molecule has 0 aliphatic carbocycles. The third kappa shape index (κ3) is 2.92. The third-order valence-corrected chi connectivity index (χ3v) is 5.36. The maximum absolute atomic E-state index is 11.0. The van der Waals surface area contributed by atoms with E-state index in [4.69, 9.17) is 23.2 Å². The number of thioether (sulfide) groups is 1. The van der Waals surface area contributed by atoms with Gasteiger partial charge in [-0.25, -0.2) is 4.68 Å². The lowest BCUT2D eigenvalue weighted by atomic mass is 10.1. The zero-order chi connectivity index (χ0) is 18.3. The summed E-state index contributed by atoms with van der Waals surface area (Å²) in [7, 11) is 0. The van der Waals surface area contributed by atoms with E-state index in [0.717, 1.165) is 0 Å². The van der Waals surface area contributed by atoms with Gasteiger partial charge in [-0.3, -0.25) is 15.5 Å². The lowest BCUT2D eigenvalue weighted by molar-refractivity contribution is -0.384. The summed E-state index contributed by atoms with van der Waals surface area (Å²) in [5.41, 5.74) is 5.19. The van der Waals surface area contributed by atoms with Crippen LogP contribution in [0.1, 0.15) is 5.56 Å². The van der Waals surface area contributed by atoms with Gasteiger partial charge in [0.25, 0.3) is 5.69 Å². The molecular weight excluding hydrogens is 397 g/mol. The second kappa shape index (κ2) is 6.64. The molecule has 1 aromatic heterocycles. The molecule has 0 unspecified atom stereocenters. The van der Waals surface area contributed by atoms with Crippen LogP contribution in [0.4, 0.5) is 5.69 Å². The molecule has 1 aliphatic rings. The average Bonchev–Trinajstić information content (AvgIpc) is 3.07. The van der Waals surface area contributed by atoms with Crippen molar-refractivity contribution in [3.05, 3.63) is 73.6 Å². The number of benzene rings is 2. The number of aromatic nitrogens is 3. The first-order chi connectivity index (χ1) is 12.5. The van der Waals surface area contributed by atoms with Crippen molar-refractivity contribution in [3.63, 3.8) is 0 Å². The molecule has 4 rings (SSSR count). The van der Waals surface area contributed by atoms with Crippen LogP contribution in [-0.2, 0) is 0 Å². The summed E-state index contributed by atoms with van der Waals surface area (Å²) >= 11 is 13.7.